The van der Waals surface area contributed by atoms with Gasteiger partial charge in [0.15, 0.2) is 5.84 Å². The standard InChI is InChI=1S/C14H19N3O/c1-2-3-4-11-5-7-12(8-6-11)17-14(18)13-15-9-10-16-13/h5-8H,2-4,9-10H2,1H3,(H,15,16)(H,17,18). The number of carbonyl (C=O) groups is 1. The van der Waals surface area contributed by atoms with Gasteiger partial charge in [0.25, 0.3) is 5.91 Å². The Kier molecular flexibility index (Phi) is 4.34. The molecule has 2 rings (SSSR count). The number of nitrogens with one attached hydrogen (secondary N) is 2. The topological polar surface area (TPSA) is 53.5 Å². The van der Waals surface area contributed by atoms with E-state index in [9.17, 15) is 4.79 Å². The predicted molar refractivity (Wildman–Crippen MR) is 74.0 cm³/mol. The Labute approximate surface area is 108 Å². The summed E-state index contributed by atoms with van der Waals surface area (Å²) in [5.41, 5.74) is 2.13. The van der Waals surface area contributed by atoms with Gasteiger partial charge in [0.05, 0.1) is 6.54 Å². The van der Waals surface area contributed by atoms with Crippen LogP contribution in [0.15, 0.2) is 29.3 Å². The van der Waals surface area contributed by atoms with E-state index in [1.54, 1.807) is 0 Å². The van der Waals surface area contributed by atoms with Crippen LogP contribution in [0.2, 0.25) is 0 Å². The lowest BCUT2D eigenvalue weighted by atomic mass is 10.1. The number of anilines is 1. The van der Waals surface area contributed by atoms with Crippen LogP contribution < -0.4 is 10.6 Å². The molecular formula is C14H19N3O. The van der Waals surface area contributed by atoms with E-state index in [0.29, 0.717) is 12.4 Å². The minimum atomic E-state index is -0.159. The van der Waals surface area contributed by atoms with Crippen LogP contribution in [-0.2, 0) is 11.2 Å². The van der Waals surface area contributed by atoms with E-state index in [1.165, 1.54) is 18.4 Å². The van der Waals surface area contributed by atoms with Crippen molar-refractivity contribution in [1.82, 2.24) is 5.32 Å². The number of amidine groups is 1. The van der Waals surface area contributed by atoms with Crippen LogP contribution in [0, 0.1) is 0 Å². The van der Waals surface area contributed by atoms with E-state index >= 15 is 0 Å². The van der Waals surface area contributed by atoms with Gasteiger partial charge >= 0.3 is 0 Å². The second-order valence-corrected chi connectivity index (χ2v) is 4.41. The fraction of sp³-hybridized carbons (Fsp3) is 0.429. The van der Waals surface area contributed by atoms with Gasteiger partial charge in [-0.3, -0.25) is 9.79 Å². The summed E-state index contributed by atoms with van der Waals surface area (Å²) < 4.78 is 0. The van der Waals surface area contributed by atoms with Gasteiger partial charge in [-0.2, -0.15) is 0 Å². The van der Waals surface area contributed by atoms with Crippen LogP contribution in [0.3, 0.4) is 0 Å². The molecule has 0 saturated heterocycles. The molecular weight excluding hydrogens is 226 g/mol. The maximum Gasteiger partial charge on any atom is 0.290 e. The highest BCUT2D eigenvalue weighted by Gasteiger charge is 2.14. The Hall–Kier alpha value is -1.84. The first-order valence-electron chi connectivity index (χ1n) is 6.48. The summed E-state index contributed by atoms with van der Waals surface area (Å²) in [6.45, 7) is 3.61. The first-order chi connectivity index (χ1) is 8.79. The lowest BCUT2D eigenvalue weighted by Gasteiger charge is -2.06. The number of rotatable bonds is 5. The SMILES string of the molecule is CCCCc1ccc(NC(=O)C2=NCCN2)cc1. The normalized spacial score (nSPS) is 13.9. The molecule has 0 aromatic heterocycles. The molecule has 0 fully saturated rings. The van der Waals surface area contributed by atoms with Gasteiger partial charge in [0.1, 0.15) is 0 Å². The van der Waals surface area contributed by atoms with E-state index in [1.807, 2.05) is 12.1 Å². The van der Waals surface area contributed by atoms with Crippen molar-refractivity contribution >= 4 is 17.4 Å². The number of nitrogens with zero attached hydrogens (tertiary/aromatic N) is 1. The fourth-order valence-electron chi connectivity index (χ4n) is 1.88. The van der Waals surface area contributed by atoms with E-state index in [-0.39, 0.29) is 5.91 Å². The van der Waals surface area contributed by atoms with Crippen molar-refractivity contribution in [3.8, 4) is 0 Å². The maximum absolute atomic E-state index is 11.8. The third-order valence-corrected chi connectivity index (χ3v) is 2.92. The van der Waals surface area contributed by atoms with Gasteiger partial charge in [-0.25, -0.2) is 0 Å². The maximum atomic E-state index is 11.8. The molecule has 0 saturated carbocycles. The van der Waals surface area contributed by atoms with Crippen LogP contribution in [0.1, 0.15) is 25.3 Å². The summed E-state index contributed by atoms with van der Waals surface area (Å²) in [4.78, 5) is 15.9. The highest BCUT2D eigenvalue weighted by Crippen LogP contribution is 2.11. The Bertz CT molecular complexity index is 437. The van der Waals surface area contributed by atoms with Crippen molar-refractivity contribution < 1.29 is 4.79 Å². The molecule has 0 unspecified atom stereocenters. The second-order valence-electron chi connectivity index (χ2n) is 4.41. The molecule has 1 aromatic rings. The molecule has 1 aliphatic heterocycles. The predicted octanol–water partition coefficient (Wildman–Crippen LogP) is 1.97. The van der Waals surface area contributed by atoms with Gasteiger partial charge in [-0.1, -0.05) is 25.5 Å². The molecule has 96 valence electrons. The van der Waals surface area contributed by atoms with Crippen LogP contribution in [0.4, 0.5) is 5.69 Å². The molecule has 1 aromatic carbocycles. The molecule has 1 amide bonds. The summed E-state index contributed by atoms with van der Waals surface area (Å²) in [5, 5.41) is 5.79. The lowest BCUT2D eigenvalue weighted by molar-refractivity contribution is -0.110. The van der Waals surface area contributed by atoms with Crippen LogP contribution in [-0.4, -0.2) is 24.8 Å². The number of aliphatic imine (C=N–C) groups is 1. The Morgan fingerprint density at radius 2 is 2.17 bits per heavy atom. The molecule has 1 heterocycles. The van der Waals surface area contributed by atoms with Crippen molar-refractivity contribution in [1.29, 1.82) is 0 Å². The number of carbonyl (C=O) groups excluding carboxylic acids is 1. The average molecular weight is 245 g/mol. The van der Waals surface area contributed by atoms with Gasteiger partial charge in [0, 0.05) is 12.2 Å². The Morgan fingerprint density at radius 3 is 2.78 bits per heavy atom. The number of unbranched alkanes of at least 4 members (excludes halogenated alkanes) is 1. The first-order valence-corrected chi connectivity index (χ1v) is 6.48. The van der Waals surface area contributed by atoms with E-state index < -0.39 is 0 Å². The molecule has 0 spiro atoms. The van der Waals surface area contributed by atoms with E-state index in [4.69, 9.17) is 0 Å². The lowest BCUT2D eigenvalue weighted by Crippen LogP contribution is -2.32. The number of amides is 1. The van der Waals surface area contributed by atoms with Gasteiger partial charge in [-0.15, -0.1) is 0 Å². The number of aryl methyl sites for hydroxylation is 1. The number of hydrogen-bond donors (Lipinski definition) is 2. The molecule has 0 aliphatic carbocycles. The van der Waals surface area contributed by atoms with E-state index in [2.05, 4.69) is 34.7 Å². The minimum Gasteiger partial charge on any atom is -0.364 e. The fourth-order valence-corrected chi connectivity index (χ4v) is 1.88. The summed E-state index contributed by atoms with van der Waals surface area (Å²) >= 11 is 0. The van der Waals surface area contributed by atoms with Gasteiger partial charge in [0.2, 0.25) is 0 Å². The highest BCUT2D eigenvalue weighted by molar-refractivity contribution is 6.42. The molecule has 18 heavy (non-hydrogen) atoms. The quantitative estimate of drug-likeness (QED) is 0.833. The number of hydrogen-bond acceptors (Lipinski definition) is 3. The van der Waals surface area contributed by atoms with Crippen molar-refractivity contribution in [2.24, 2.45) is 4.99 Å². The zero-order chi connectivity index (χ0) is 12.8. The summed E-state index contributed by atoms with van der Waals surface area (Å²) in [7, 11) is 0. The molecule has 0 atom stereocenters. The van der Waals surface area contributed by atoms with E-state index in [0.717, 1.165) is 18.7 Å². The van der Waals surface area contributed by atoms with Crippen molar-refractivity contribution in [2.45, 2.75) is 26.2 Å². The first kappa shape index (κ1) is 12.6. The van der Waals surface area contributed by atoms with Crippen molar-refractivity contribution in [3.05, 3.63) is 29.8 Å². The monoisotopic (exact) mass is 245 g/mol. The smallest absolute Gasteiger partial charge is 0.290 e. The van der Waals surface area contributed by atoms with Gasteiger partial charge in [-0.05, 0) is 30.5 Å². The molecule has 0 bridgehead atoms. The zero-order valence-corrected chi connectivity index (χ0v) is 10.7. The molecule has 1 aliphatic rings. The Balaban J connectivity index is 1.91. The molecule has 4 heteroatoms. The van der Waals surface area contributed by atoms with Crippen molar-refractivity contribution in [3.63, 3.8) is 0 Å². The summed E-state index contributed by atoms with van der Waals surface area (Å²) in [6, 6.07) is 8.02. The minimum absolute atomic E-state index is 0.159. The second kappa shape index (κ2) is 6.19. The van der Waals surface area contributed by atoms with Gasteiger partial charge < -0.3 is 10.6 Å². The zero-order valence-electron chi connectivity index (χ0n) is 10.7. The third-order valence-electron chi connectivity index (χ3n) is 2.92. The van der Waals surface area contributed by atoms with Crippen LogP contribution in [0.5, 0.6) is 0 Å². The molecule has 4 nitrogen and oxygen atoms in total. The van der Waals surface area contributed by atoms with Crippen molar-refractivity contribution in [2.75, 3.05) is 18.4 Å². The Morgan fingerprint density at radius 1 is 1.39 bits per heavy atom. The molecule has 2 N–H and O–H groups in total. The summed E-state index contributed by atoms with van der Waals surface area (Å²) in [5.74, 6) is 0.277. The number of benzene rings is 1. The molecule has 0 radical (unpaired) electrons. The summed E-state index contributed by atoms with van der Waals surface area (Å²) in [6.07, 6.45) is 3.50. The van der Waals surface area contributed by atoms with Crippen LogP contribution in [0.25, 0.3) is 0 Å². The highest BCUT2D eigenvalue weighted by atomic mass is 16.2. The largest absolute Gasteiger partial charge is 0.364 e. The van der Waals surface area contributed by atoms with Crippen LogP contribution >= 0.6 is 0 Å². The third kappa shape index (κ3) is 3.32. The average Bonchev–Trinajstić information content (AvgIpc) is 2.92.